The van der Waals surface area contributed by atoms with Crippen LogP contribution in [0.15, 0.2) is 58.1 Å². The maximum Gasteiger partial charge on any atom is 0.335 e. The van der Waals surface area contributed by atoms with Crippen LogP contribution in [0.25, 0.3) is 16.6 Å². The molecule has 8 heteroatoms. The molecular formula is C23H22N4O4. The molecule has 0 amide bonds. The number of fused-ring (bicyclic) bond motifs is 3. The first kappa shape index (κ1) is 19.2. The number of hydrogen-bond acceptors (Lipinski definition) is 5. The Hall–Kier alpha value is -3.78. The summed E-state index contributed by atoms with van der Waals surface area (Å²) in [7, 11) is 3.38. The Morgan fingerprint density at radius 3 is 2.61 bits per heavy atom. The summed E-state index contributed by atoms with van der Waals surface area (Å²) >= 11 is 0. The number of likely N-dealkylation sites (N-methyl/N-ethyl adjacent to an activating group) is 1. The summed E-state index contributed by atoms with van der Waals surface area (Å²) in [4.78, 5) is 33.5. The lowest BCUT2D eigenvalue weighted by molar-refractivity contribution is 0.251. The molecule has 1 unspecified atom stereocenters. The number of rotatable bonds is 3. The van der Waals surface area contributed by atoms with Crippen LogP contribution in [0.1, 0.15) is 22.9 Å². The van der Waals surface area contributed by atoms with Gasteiger partial charge in [0, 0.05) is 23.1 Å². The van der Waals surface area contributed by atoms with Crippen LogP contribution in [0.4, 0.5) is 0 Å². The van der Waals surface area contributed by atoms with Crippen molar-refractivity contribution < 1.29 is 9.84 Å². The van der Waals surface area contributed by atoms with Crippen LogP contribution in [-0.4, -0.2) is 45.2 Å². The van der Waals surface area contributed by atoms with Gasteiger partial charge in [-0.2, -0.15) is 0 Å². The molecule has 0 saturated heterocycles. The van der Waals surface area contributed by atoms with Gasteiger partial charge in [-0.3, -0.25) is 14.7 Å². The van der Waals surface area contributed by atoms with Gasteiger partial charge in [0.15, 0.2) is 0 Å². The highest BCUT2D eigenvalue weighted by Gasteiger charge is 2.35. The molecule has 2 aromatic heterocycles. The van der Waals surface area contributed by atoms with E-state index in [4.69, 9.17) is 4.74 Å². The van der Waals surface area contributed by atoms with Gasteiger partial charge in [0.05, 0.1) is 18.8 Å². The molecule has 1 atom stereocenters. The van der Waals surface area contributed by atoms with Gasteiger partial charge in [-0.25, -0.2) is 9.36 Å². The lowest BCUT2D eigenvalue weighted by Gasteiger charge is -2.33. The van der Waals surface area contributed by atoms with E-state index in [9.17, 15) is 14.7 Å². The zero-order valence-electron chi connectivity index (χ0n) is 17.2. The number of aromatic amines is 2. The highest BCUT2D eigenvalue weighted by atomic mass is 16.5. The smallest absolute Gasteiger partial charge is 0.335 e. The highest BCUT2D eigenvalue weighted by Crippen LogP contribution is 2.39. The Bertz CT molecular complexity index is 1420. The minimum absolute atomic E-state index is 0.112. The number of methoxy groups -OCH3 is 1. The fraction of sp³-hybridized carbons (Fsp3) is 0.217. The molecule has 31 heavy (non-hydrogen) atoms. The van der Waals surface area contributed by atoms with Gasteiger partial charge in [0.25, 0.3) is 5.56 Å². The quantitative estimate of drug-likeness (QED) is 0.474. The monoisotopic (exact) mass is 418 g/mol. The van der Waals surface area contributed by atoms with E-state index in [2.05, 4.69) is 9.97 Å². The number of nitrogens with one attached hydrogen (secondary N) is 2. The minimum Gasteiger partial charge on any atom is -0.495 e. The van der Waals surface area contributed by atoms with E-state index in [0.29, 0.717) is 18.0 Å². The molecule has 4 aromatic rings. The van der Waals surface area contributed by atoms with Crippen molar-refractivity contribution in [1.29, 1.82) is 0 Å². The van der Waals surface area contributed by atoms with E-state index < -0.39 is 23.2 Å². The van der Waals surface area contributed by atoms with E-state index in [1.54, 1.807) is 24.3 Å². The third kappa shape index (κ3) is 2.87. The second-order valence-electron chi connectivity index (χ2n) is 7.70. The molecule has 0 spiro atoms. The molecule has 0 saturated carbocycles. The van der Waals surface area contributed by atoms with Crippen molar-refractivity contribution in [2.24, 2.45) is 0 Å². The van der Waals surface area contributed by atoms with Crippen molar-refractivity contribution in [3.63, 3.8) is 0 Å². The van der Waals surface area contributed by atoms with Crippen LogP contribution in [-0.2, 0) is 6.42 Å². The van der Waals surface area contributed by atoms with Crippen molar-refractivity contribution in [2.45, 2.75) is 12.5 Å². The van der Waals surface area contributed by atoms with Crippen molar-refractivity contribution >= 4 is 10.9 Å². The Labute approximate surface area is 177 Å². The average Bonchev–Trinajstić information content (AvgIpc) is 3.14. The lowest BCUT2D eigenvalue weighted by atomic mass is 9.94. The van der Waals surface area contributed by atoms with E-state index in [1.165, 1.54) is 7.11 Å². The normalized spacial score (nSPS) is 16.4. The number of aromatic hydroxyl groups is 1. The Morgan fingerprint density at radius 1 is 1.06 bits per heavy atom. The van der Waals surface area contributed by atoms with Crippen molar-refractivity contribution in [3.05, 3.63) is 86.2 Å². The van der Waals surface area contributed by atoms with Gasteiger partial charge in [-0.15, -0.1) is 0 Å². The van der Waals surface area contributed by atoms with Crippen molar-refractivity contribution in [1.82, 2.24) is 19.4 Å². The summed E-state index contributed by atoms with van der Waals surface area (Å²) in [5, 5.41) is 12.3. The van der Waals surface area contributed by atoms with E-state index in [0.717, 1.165) is 33.1 Å². The van der Waals surface area contributed by atoms with E-state index >= 15 is 0 Å². The van der Waals surface area contributed by atoms with Crippen LogP contribution >= 0.6 is 0 Å². The van der Waals surface area contributed by atoms with Crippen molar-refractivity contribution in [2.75, 3.05) is 20.7 Å². The zero-order valence-corrected chi connectivity index (χ0v) is 17.2. The van der Waals surface area contributed by atoms with E-state index in [1.807, 2.05) is 36.2 Å². The number of aromatic nitrogens is 3. The number of hydrogen-bond donors (Lipinski definition) is 3. The Balaban J connectivity index is 1.79. The molecule has 1 aliphatic heterocycles. The van der Waals surface area contributed by atoms with E-state index in [-0.39, 0.29) is 5.56 Å². The third-order valence-electron chi connectivity index (χ3n) is 6.00. The topological polar surface area (TPSA) is 103 Å². The summed E-state index contributed by atoms with van der Waals surface area (Å²) < 4.78 is 6.45. The van der Waals surface area contributed by atoms with Gasteiger partial charge < -0.3 is 14.8 Å². The molecule has 3 heterocycles. The van der Waals surface area contributed by atoms with Gasteiger partial charge in [-0.1, -0.05) is 30.3 Å². The summed E-state index contributed by atoms with van der Waals surface area (Å²) in [5.41, 5.74) is 2.05. The first-order chi connectivity index (χ1) is 15.0. The summed E-state index contributed by atoms with van der Waals surface area (Å²) in [6.07, 6.45) is 0.817. The minimum atomic E-state index is -0.730. The maximum atomic E-state index is 13.0. The van der Waals surface area contributed by atoms with Crippen LogP contribution in [0, 0.1) is 0 Å². The SMILES string of the molecule is COc1ccccc1-n1c(O)c(C2c3[nH]c4ccccc4c3CCN2C)c(=O)[nH]c1=O. The second kappa shape index (κ2) is 7.17. The molecule has 8 nitrogen and oxygen atoms in total. The first-order valence-corrected chi connectivity index (χ1v) is 10.0. The second-order valence-corrected chi connectivity index (χ2v) is 7.70. The summed E-state index contributed by atoms with van der Waals surface area (Å²) in [6.45, 7) is 0.701. The van der Waals surface area contributed by atoms with Gasteiger partial charge in [-0.05, 0) is 37.2 Å². The maximum absolute atomic E-state index is 13.0. The average molecular weight is 418 g/mol. The number of benzene rings is 2. The first-order valence-electron chi connectivity index (χ1n) is 10.0. The standard InChI is InChI=1S/C23H22N4O4/c1-26-12-11-14-13-7-3-4-8-15(13)24-19(14)20(26)18-21(28)25-23(30)27(22(18)29)16-9-5-6-10-17(16)31-2/h3-10,20,24,29H,11-12H2,1-2H3,(H,25,28,30). The molecule has 0 bridgehead atoms. The molecule has 3 N–H and O–H groups in total. The lowest BCUT2D eigenvalue weighted by Crippen LogP contribution is -2.39. The molecule has 0 radical (unpaired) electrons. The van der Waals surface area contributed by atoms with Crippen LogP contribution in [0.3, 0.4) is 0 Å². The van der Waals surface area contributed by atoms with Crippen LogP contribution in [0.5, 0.6) is 11.6 Å². The van der Waals surface area contributed by atoms with Gasteiger partial charge in [0.2, 0.25) is 5.88 Å². The number of ether oxygens (including phenoxy) is 1. The third-order valence-corrected chi connectivity index (χ3v) is 6.00. The zero-order chi connectivity index (χ0) is 21.7. The fourth-order valence-electron chi connectivity index (χ4n) is 4.55. The summed E-state index contributed by atoms with van der Waals surface area (Å²) in [6, 6.07) is 14.3. The van der Waals surface area contributed by atoms with Gasteiger partial charge >= 0.3 is 5.69 Å². The Morgan fingerprint density at radius 2 is 1.81 bits per heavy atom. The fourth-order valence-corrected chi connectivity index (χ4v) is 4.55. The number of H-pyrrole nitrogens is 2. The highest BCUT2D eigenvalue weighted by molar-refractivity contribution is 5.85. The molecule has 2 aromatic carbocycles. The van der Waals surface area contributed by atoms with Gasteiger partial charge in [0.1, 0.15) is 11.3 Å². The predicted molar refractivity (Wildman–Crippen MR) is 117 cm³/mol. The Kier molecular flexibility index (Phi) is 4.44. The molecule has 158 valence electrons. The predicted octanol–water partition coefficient (Wildman–Crippen LogP) is 2.30. The number of nitrogens with zero attached hydrogens (tertiary/aromatic N) is 2. The summed E-state index contributed by atoms with van der Waals surface area (Å²) in [5.74, 6) is 0.00260. The molecular weight excluding hydrogens is 396 g/mol. The molecule has 0 aliphatic carbocycles. The van der Waals surface area contributed by atoms with Crippen LogP contribution in [0.2, 0.25) is 0 Å². The molecule has 0 fully saturated rings. The van der Waals surface area contributed by atoms with Crippen molar-refractivity contribution in [3.8, 4) is 17.3 Å². The largest absolute Gasteiger partial charge is 0.495 e. The number of para-hydroxylation sites is 3. The molecule has 1 aliphatic rings. The molecule has 5 rings (SSSR count). The van der Waals surface area contributed by atoms with Crippen LogP contribution < -0.4 is 16.0 Å².